The number of likely N-dealkylation sites (N-methyl/N-ethyl adjacent to an activating group) is 1. The predicted molar refractivity (Wildman–Crippen MR) is 86.7 cm³/mol. The van der Waals surface area contributed by atoms with Crippen LogP contribution in [0, 0.1) is 0 Å². The molecule has 0 aliphatic carbocycles. The second kappa shape index (κ2) is 8.37. The van der Waals surface area contributed by atoms with E-state index in [1.54, 1.807) is 0 Å². The average Bonchev–Trinajstić information content (AvgIpc) is 2.51. The first-order valence-corrected chi connectivity index (χ1v) is 8.02. The van der Waals surface area contributed by atoms with E-state index in [9.17, 15) is 4.79 Å². The monoisotopic (exact) mass is 309 g/mol. The molecule has 1 heterocycles. The Labute approximate surface area is 132 Å². The van der Waals surface area contributed by atoms with Gasteiger partial charge in [0.2, 0.25) is 5.91 Å². The van der Waals surface area contributed by atoms with Gasteiger partial charge in [-0.25, -0.2) is 0 Å². The molecule has 1 N–H and O–H groups in total. The van der Waals surface area contributed by atoms with Crippen molar-refractivity contribution in [2.75, 3.05) is 45.8 Å². The van der Waals surface area contributed by atoms with Crippen molar-refractivity contribution < 1.29 is 4.79 Å². The number of piperazine rings is 1. The molecule has 2 rings (SSSR count). The average molecular weight is 310 g/mol. The number of hydrogen-bond donors (Lipinski definition) is 1. The Morgan fingerprint density at radius 3 is 2.71 bits per heavy atom. The SMILES string of the molecule is CCN1CCN(C(=O)CNCCc2cccc(Cl)c2)CC1. The van der Waals surface area contributed by atoms with Gasteiger partial charge in [0.05, 0.1) is 6.54 Å². The van der Waals surface area contributed by atoms with Gasteiger partial charge in [-0.1, -0.05) is 30.7 Å². The third kappa shape index (κ3) is 5.30. The molecule has 1 aromatic rings. The minimum atomic E-state index is 0.205. The summed E-state index contributed by atoms with van der Waals surface area (Å²) in [7, 11) is 0. The maximum Gasteiger partial charge on any atom is 0.236 e. The summed E-state index contributed by atoms with van der Waals surface area (Å²) in [5.41, 5.74) is 1.19. The van der Waals surface area contributed by atoms with Gasteiger partial charge in [-0.2, -0.15) is 0 Å². The lowest BCUT2D eigenvalue weighted by molar-refractivity contribution is -0.131. The maximum atomic E-state index is 12.1. The Bertz CT molecular complexity index is 459. The molecule has 1 fully saturated rings. The minimum absolute atomic E-state index is 0.205. The third-order valence-corrected chi connectivity index (χ3v) is 4.16. The topological polar surface area (TPSA) is 35.6 Å². The number of hydrogen-bond acceptors (Lipinski definition) is 3. The van der Waals surface area contributed by atoms with Gasteiger partial charge in [0.15, 0.2) is 0 Å². The number of halogens is 1. The Morgan fingerprint density at radius 1 is 1.29 bits per heavy atom. The van der Waals surface area contributed by atoms with E-state index in [0.717, 1.165) is 50.7 Å². The number of nitrogens with zero attached hydrogens (tertiary/aromatic N) is 2. The van der Waals surface area contributed by atoms with Crippen molar-refractivity contribution in [3.05, 3.63) is 34.9 Å². The lowest BCUT2D eigenvalue weighted by Crippen LogP contribution is -2.50. The van der Waals surface area contributed by atoms with Crippen molar-refractivity contribution in [1.29, 1.82) is 0 Å². The van der Waals surface area contributed by atoms with Gasteiger partial charge in [-0.15, -0.1) is 0 Å². The van der Waals surface area contributed by atoms with Gasteiger partial charge in [0.25, 0.3) is 0 Å². The molecule has 0 saturated carbocycles. The van der Waals surface area contributed by atoms with Crippen molar-refractivity contribution in [3.8, 4) is 0 Å². The molecule has 1 aromatic carbocycles. The molecule has 4 nitrogen and oxygen atoms in total. The first-order valence-electron chi connectivity index (χ1n) is 7.64. The lowest BCUT2D eigenvalue weighted by atomic mass is 10.1. The molecule has 21 heavy (non-hydrogen) atoms. The Kier molecular flexibility index (Phi) is 6.49. The van der Waals surface area contributed by atoms with Crippen molar-refractivity contribution in [1.82, 2.24) is 15.1 Å². The first-order chi connectivity index (χ1) is 10.2. The molecule has 1 amide bonds. The van der Waals surface area contributed by atoms with Crippen LogP contribution in [0.15, 0.2) is 24.3 Å². The maximum absolute atomic E-state index is 12.1. The molecule has 0 atom stereocenters. The normalized spacial score (nSPS) is 16.2. The van der Waals surface area contributed by atoms with E-state index in [0.29, 0.717) is 6.54 Å². The van der Waals surface area contributed by atoms with Crippen LogP contribution in [0.4, 0.5) is 0 Å². The van der Waals surface area contributed by atoms with Crippen LogP contribution in [0.25, 0.3) is 0 Å². The second-order valence-corrected chi connectivity index (χ2v) is 5.81. The Morgan fingerprint density at radius 2 is 2.05 bits per heavy atom. The van der Waals surface area contributed by atoms with Crippen LogP contribution in [-0.4, -0.2) is 61.5 Å². The van der Waals surface area contributed by atoms with Gasteiger partial charge in [0.1, 0.15) is 0 Å². The summed E-state index contributed by atoms with van der Waals surface area (Å²) in [6, 6.07) is 7.85. The number of nitrogens with one attached hydrogen (secondary N) is 1. The van der Waals surface area contributed by atoms with Crippen molar-refractivity contribution >= 4 is 17.5 Å². The van der Waals surface area contributed by atoms with Crippen LogP contribution in [-0.2, 0) is 11.2 Å². The Hall–Kier alpha value is -1.10. The molecule has 5 heteroatoms. The van der Waals surface area contributed by atoms with Crippen LogP contribution < -0.4 is 5.32 Å². The summed E-state index contributed by atoms with van der Waals surface area (Å²) < 4.78 is 0. The number of amides is 1. The molecule has 1 saturated heterocycles. The minimum Gasteiger partial charge on any atom is -0.339 e. The van der Waals surface area contributed by atoms with Gasteiger partial charge < -0.3 is 15.1 Å². The number of benzene rings is 1. The fourth-order valence-corrected chi connectivity index (χ4v) is 2.76. The highest BCUT2D eigenvalue weighted by Crippen LogP contribution is 2.10. The highest BCUT2D eigenvalue weighted by molar-refractivity contribution is 6.30. The van der Waals surface area contributed by atoms with E-state index in [-0.39, 0.29) is 5.91 Å². The van der Waals surface area contributed by atoms with Gasteiger partial charge >= 0.3 is 0 Å². The lowest BCUT2D eigenvalue weighted by Gasteiger charge is -2.34. The van der Waals surface area contributed by atoms with E-state index in [1.807, 2.05) is 23.1 Å². The summed E-state index contributed by atoms with van der Waals surface area (Å²) in [6.07, 6.45) is 0.886. The largest absolute Gasteiger partial charge is 0.339 e. The first kappa shape index (κ1) is 16.3. The van der Waals surface area contributed by atoms with Crippen molar-refractivity contribution in [2.45, 2.75) is 13.3 Å². The highest BCUT2D eigenvalue weighted by atomic mass is 35.5. The molecule has 0 aromatic heterocycles. The molecular formula is C16H24ClN3O. The zero-order valence-electron chi connectivity index (χ0n) is 12.6. The third-order valence-electron chi connectivity index (χ3n) is 3.93. The van der Waals surface area contributed by atoms with E-state index in [1.165, 1.54) is 5.56 Å². The standard InChI is InChI=1S/C16H24ClN3O/c1-2-19-8-10-20(11-9-19)16(21)13-18-7-6-14-4-3-5-15(17)12-14/h3-5,12,18H,2,6-11,13H2,1H3. The fraction of sp³-hybridized carbons (Fsp3) is 0.562. The number of rotatable bonds is 6. The van der Waals surface area contributed by atoms with Gasteiger partial charge in [-0.3, -0.25) is 4.79 Å². The van der Waals surface area contributed by atoms with E-state index >= 15 is 0 Å². The number of carbonyl (C=O) groups excluding carboxylic acids is 1. The molecule has 116 valence electrons. The van der Waals surface area contributed by atoms with Crippen molar-refractivity contribution in [3.63, 3.8) is 0 Å². The van der Waals surface area contributed by atoms with E-state index < -0.39 is 0 Å². The predicted octanol–water partition coefficient (Wildman–Crippen LogP) is 1.64. The molecule has 1 aliphatic rings. The van der Waals surface area contributed by atoms with Crippen LogP contribution in [0.2, 0.25) is 5.02 Å². The zero-order chi connectivity index (χ0) is 15.1. The summed E-state index contributed by atoms with van der Waals surface area (Å²) in [6.45, 7) is 8.13. The number of carbonyl (C=O) groups is 1. The summed E-state index contributed by atoms with van der Waals surface area (Å²) >= 11 is 5.95. The smallest absolute Gasteiger partial charge is 0.236 e. The Balaban J connectivity index is 1.63. The molecule has 1 aliphatic heterocycles. The summed E-state index contributed by atoms with van der Waals surface area (Å²) in [5, 5.41) is 3.99. The van der Waals surface area contributed by atoms with Crippen LogP contribution in [0.5, 0.6) is 0 Å². The van der Waals surface area contributed by atoms with Crippen LogP contribution in [0.1, 0.15) is 12.5 Å². The summed E-state index contributed by atoms with van der Waals surface area (Å²) in [4.78, 5) is 16.4. The van der Waals surface area contributed by atoms with Gasteiger partial charge in [-0.05, 0) is 37.2 Å². The summed E-state index contributed by atoms with van der Waals surface area (Å²) in [5.74, 6) is 0.205. The van der Waals surface area contributed by atoms with Crippen molar-refractivity contribution in [2.24, 2.45) is 0 Å². The molecule has 0 unspecified atom stereocenters. The second-order valence-electron chi connectivity index (χ2n) is 5.37. The highest BCUT2D eigenvalue weighted by Gasteiger charge is 2.19. The fourth-order valence-electron chi connectivity index (χ4n) is 2.55. The van der Waals surface area contributed by atoms with E-state index in [2.05, 4.69) is 23.2 Å². The van der Waals surface area contributed by atoms with E-state index in [4.69, 9.17) is 11.6 Å². The molecule has 0 radical (unpaired) electrons. The van der Waals surface area contributed by atoms with Gasteiger partial charge in [0, 0.05) is 31.2 Å². The quantitative estimate of drug-likeness (QED) is 0.812. The van der Waals surface area contributed by atoms with Crippen LogP contribution >= 0.6 is 11.6 Å². The zero-order valence-corrected chi connectivity index (χ0v) is 13.4. The molecule has 0 bridgehead atoms. The van der Waals surface area contributed by atoms with Crippen LogP contribution in [0.3, 0.4) is 0 Å². The molecular weight excluding hydrogens is 286 g/mol. The molecule has 0 spiro atoms.